The Labute approximate surface area is 149 Å². The number of aliphatic hydroxyl groups is 1. The second kappa shape index (κ2) is 8.87. The van der Waals surface area contributed by atoms with Crippen molar-refractivity contribution >= 4 is 35.3 Å². The van der Waals surface area contributed by atoms with Gasteiger partial charge >= 0.3 is 0 Å². The third-order valence-corrected chi connectivity index (χ3v) is 4.66. The maximum atomic E-state index is 13.0. The molecule has 0 bridgehead atoms. The zero-order chi connectivity index (χ0) is 17.5. The molecule has 2 aromatic rings. The Kier molecular flexibility index (Phi) is 6.85. The lowest BCUT2D eigenvalue weighted by atomic mass is 10.1. The maximum Gasteiger partial charge on any atom is 0.244 e. The van der Waals surface area contributed by atoms with Crippen molar-refractivity contribution in [3.8, 4) is 0 Å². The standard InChI is InChI=1S/C18H17ClFNO2S/c1-12-10-13(2-7-18(23)21-8-9-22)16(19)11-17(12)24-15-5-3-14(20)4-6-15/h2-7,10-11,22H,8-9H2,1H3,(H,21,23). The SMILES string of the molecule is Cc1cc(C=CC(=O)NCCO)c(Cl)cc1Sc1ccc(F)cc1. The topological polar surface area (TPSA) is 49.3 Å². The number of rotatable bonds is 6. The van der Waals surface area contributed by atoms with E-state index in [-0.39, 0.29) is 24.9 Å². The lowest BCUT2D eigenvalue weighted by Gasteiger charge is -2.09. The number of nitrogens with one attached hydrogen (secondary N) is 1. The third kappa shape index (κ3) is 5.37. The summed E-state index contributed by atoms with van der Waals surface area (Å²) in [6.07, 6.45) is 3.01. The quantitative estimate of drug-likeness (QED) is 0.759. The summed E-state index contributed by atoms with van der Waals surface area (Å²) < 4.78 is 13.0. The van der Waals surface area contributed by atoms with Crippen molar-refractivity contribution in [3.05, 3.63) is 64.4 Å². The number of aryl methyl sites for hydroxylation is 1. The van der Waals surface area contributed by atoms with Crippen molar-refractivity contribution in [3.63, 3.8) is 0 Å². The molecule has 0 atom stereocenters. The van der Waals surface area contributed by atoms with Gasteiger partial charge in [-0.1, -0.05) is 23.4 Å². The molecule has 3 nitrogen and oxygen atoms in total. The average molecular weight is 366 g/mol. The molecule has 0 saturated heterocycles. The number of carbonyl (C=O) groups is 1. The van der Waals surface area contributed by atoms with Crippen LogP contribution in [-0.2, 0) is 4.79 Å². The van der Waals surface area contributed by atoms with Gasteiger partial charge in [0, 0.05) is 27.4 Å². The molecule has 2 N–H and O–H groups in total. The van der Waals surface area contributed by atoms with Gasteiger partial charge in [-0.2, -0.15) is 0 Å². The number of hydrogen-bond acceptors (Lipinski definition) is 3. The summed E-state index contributed by atoms with van der Waals surface area (Å²) in [4.78, 5) is 13.4. The second-order valence-corrected chi connectivity index (χ2v) is 6.57. The van der Waals surface area contributed by atoms with E-state index in [2.05, 4.69) is 5.32 Å². The number of hydrogen-bond donors (Lipinski definition) is 2. The van der Waals surface area contributed by atoms with Crippen LogP contribution in [0.25, 0.3) is 6.08 Å². The largest absolute Gasteiger partial charge is 0.395 e. The Morgan fingerprint density at radius 2 is 2.04 bits per heavy atom. The first-order valence-electron chi connectivity index (χ1n) is 7.30. The van der Waals surface area contributed by atoms with Crippen LogP contribution >= 0.6 is 23.4 Å². The van der Waals surface area contributed by atoms with Crippen molar-refractivity contribution in [2.45, 2.75) is 16.7 Å². The minimum atomic E-state index is -0.289. The molecule has 2 aromatic carbocycles. The minimum Gasteiger partial charge on any atom is -0.395 e. The molecule has 0 radical (unpaired) electrons. The van der Waals surface area contributed by atoms with E-state index in [1.165, 1.54) is 30.0 Å². The van der Waals surface area contributed by atoms with E-state index in [9.17, 15) is 9.18 Å². The van der Waals surface area contributed by atoms with Crippen LogP contribution in [-0.4, -0.2) is 24.2 Å². The lowest BCUT2D eigenvalue weighted by molar-refractivity contribution is -0.116. The van der Waals surface area contributed by atoms with E-state index in [4.69, 9.17) is 16.7 Å². The van der Waals surface area contributed by atoms with E-state index in [1.54, 1.807) is 18.2 Å². The fourth-order valence-corrected chi connectivity index (χ4v) is 3.17. The average Bonchev–Trinajstić information content (AvgIpc) is 2.56. The van der Waals surface area contributed by atoms with Gasteiger partial charge < -0.3 is 10.4 Å². The first-order valence-corrected chi connectivity index (χ1v) is 8.49. The van der Waals surface area contributed by atoms with Crippen molar-refractivity contribution in [1.82, 2.24) is 5.32 Å². The van der Waals surface area contributed by atoms with Crippen LogP contribution in [0.15, 0.2) is 52.3 Å². The fraction of sp³-hybridized carbons (Fsp3) is 0.167. The zero-order valence-electron chi connectivity index (χ0n) is 13.1. The summed E-state index contributed by atoms with van der Waals surface area (Å²) in [5.74, 6) is -0.559. The Morgan fingerprint density at radius 1 is 1.33 bits per heavy atom. The summed E-state index contributed by atoms with van der Waals surface area (Å²) in [7, 11) is 0. The van der Waals surface area contributed by atoms with Crippen LogP contribution in [0.1, 0.15) is 11.1 Å². The highest BCUT2D eigenvalue weighted by Gasteiger charge is 2.07. The summed E-state index contributed by atoms with van der Waals surface area (Å²) in [5, 5.41) is 11.7. The van der Waals surface area contributed by atoms with Crippen molar-refractivity contribution in [2.24, 2.45) is 0 Å². The van der Waals surface area contributed by atoms with Crippen LogP contribution < -0.4 is 5.32 Å². The minimum absolute atomic E-state index is 0.102. The van der Waals surface area contributed by atoms with Crippen molar-refractivity contribution in [2.75, 3.05) is 13.2 Å². The lowest BCUT2D eigenvalue weighted by Crippen LogP contribution is -2.24. The number of halogens is 2. The second-order valence-electron chi connectivity index (χ2n) is 5.04. The van der Waals surface area contributed by atoms with Crippen LogP contribution in [0.4, 0.5) is 4.39 Å². The van der Waals surface area contributed by atoms with Gasteiger partial charge in [0.05, 0.1) is 6.61 Å². The van der Waals surface area contributed by atoms with E-state index in [0.29, 0.717) is 5.02 Å². The molecule has 0 aliphatic carbocycles. The molecule has 0 spiro atoms. The molecule has 0 heterocycles. The van der Waals surface area contributed by atoms with Gasteiger partial charge in [-0.3, -0.25) is 4.79 Å². The number of amides is 1. The van der Waals surface area contributed by atoms with E-state index < -0.39 is 0 Å². The molecule has 6 heteroatoms. The maximum absolute atomic E-state index is 13.0. The number of benzene rings is 2. The van der Waals surface area contributed by atoms with Crippen LogP contribution in [0.5, 0.6) is 0 Å². The third-order valence-electron chi connectivity index (χ3n) is 3.16. The monoisotopic (exact) mass is 365 g/mol. The number of carbonyl (C=O) groups excluding carboxylic acids is 1. The summed E-state index contributed by atoms with van der Waals surface area (Å²) >= 11 is 7.78. The first kappa shape index (κ1) is 18.5. The van der Waals surface area contributed by atoms with Gasteiger partial charge in [-0.15, -0.1) is 0 Å². The van der Waals surface area contributed by atoms with Gasteiger partial charge in [0.15, 0.2) is 0 Å². The fourth-order valence-electron chi connectivity index (χ4n) is 1.96. The van der Waals surface area contributed by atoms with Crippen molar-refractivity contribution in [1.29, 1.82) is 0 Å². The zero-order valence-corrected chi connectivity index (χ0v) is 14.6. The molecule has 2 rings (SSSR count). The normalized spacial score (nSPS) is 11.0. The predicted octanol–water partition coefficient (Wildman–Crippen LogP) is 4.06. The molecule has 0 aliphatic rings. The molecule has 0 saturated carbocycles. The summed E-state index contributed by atoms with van der Waals surface area (Å²) in [5.41, 5.74) is 1.74. The molecule has 1 amide bonds. The van der Waals surface area contributed by atoms with Crippen LogP contribution in [0, 0.1) is 12.7 Å². The van der Waals surface area contributed by atoms with Gasteiger partial charge in [0.2, 0.25) is 5.91 Å². The highest BCUT2D eigenvalue weighted by Crippen LogP contribution is 2.34. The predicted molar refractivity (Wildman–Crippen MR) is 95.8 cm³/mol. The smallest absolute Gasteiger partial charge is 0.244 e. The Hall–Kier alpha value is -1.82. The molecule has 0 aromatic heterocycles. The Balaban J connectivity index is 2.14. The molecular weight excluding hydrogens is 349 g/mol. The van der Waals surface area contributed by atoms with Crippen LogP contribution in [0.3, 0.4) is 0 Å². The van der Waals surface area contributed by atoms with Crippen molar-refractivity contribution < 1.29 is 14.3 Å². The molecule has 0 unspecified atom stereocenters. The molecule has 126 valence electrons. The van der Waals surface area contributed by atoms with Gasteiger partial charge in [-0.05, 0) is 60.5 Å². The van der Waals surface area contributed by atoms with Gasteiger partial charge in [0.1, 0.15) is 5.82 Å². The van der Waals surface area contributed by atoms with E-state index in [0.717, 1.165) is 20.9 Å². The molecular formula is C18H17ClFNO2S. The Bertz CT molecular complexity index is 747. The van der Waals surface area contributed by atoms with E-state index >= 15 is 0 Å². The van der Waals surface area contributed by atoms with Crippen LogP contribution in [0.2, 0.25) is 5.02 Å². The Morgan fingerprint density at radius 3 is 2.71 bits per heavy atom. The molecule has 24 heavy (non-hydrogen) atoms. The summed E-state index contributed by atoms with van der Waals surface area (Å²) in [6, 6.07) is 9.99. The molecule has 0 aliphatic heterocycles. The highest BCUT2D eigenvalue weighted by atomic mass is 35.5. The summed E-state index contributed by atoms with van der Waals surface area (Å²) in [6.45, 7) is 2.06. The highest BCUT2D eigenvalue weighted by molar-refractivity contribution is 7.99. The van der Waals surface area contributed by atoms with Gasteiger partial charge in [0.25, 0.3) is 0 Å². The van der Waals surface area contributed by atoms with E-state index in [1.807, 2.05) is 19.1 Å². The molecule has 0 fully saturated rings. The number of aliphatic hydroxyl groups excluding tert-OH is 1. The first-order chi connectivity index (χ1) is 11.5. The van der Waals surface area contributed by atoms with Gasteiger partial charge in [-0.25, -0.2) is 4.39 Å².